The molecule has 0 aromatic heterocycles. The van der Waals surface area contributed by atoms with Crippen molar-refractivity contribution in [1.29, 1.82) is 0 Å². The number of nitrogens with one attached hydrogen (secondary N) is 1. The third-order valence-corrected chi connectivity index (χ3v) is 4.18. The summed E-state index contributed by atoms with van der Waals surface area (Å²) in [5.41, 5.74) is 2.32. The normalized spacial score (nSPS) is 17.3. The molecule has 1 aliphatic heterocycles. The van der Waals surface area contributed by atoms with Crippen LogP contribution in [0.2, 0.25) is 5.02 Å². The van der Waals surface area contributed by atoms with E-state index in [1.54, 1.807) is 0 Å². The minimum absolute atomic E-state index is 0.385. The van der Waals surface area contributed by atoms with Gasteiger partial charge in [-0.15, -0.1) is 0 Å². The largest absolute Gasteiger partial charge is 0.489 e. The molecule has 4 heteroatoms. The molecule has 1 fully saturated rings. The lowest BCUT2D eigenvalue weighted by Crippen LogP contribution is -2.25. The predicted octanol–water partition coefficient (Wildman–Crippen LogP) is 4.19. The number of benzene rings is 2. The zero-order valence-electron chi connectivity index (χ0n) is 13.1. The van der Waals surface area contributed by atoms with Crippen LogP contribution in [-0.4, -0.2) is 19.3 Å². The molecular weight excluding hydrogens is 310 g/mol. The molecule has 1 atom stereocenters. The van der Waals surface area contributed by atoms with Crippen molar-refractivity contribution in [3.8, 4) is 5.75 Å². The Hall–Kier alpha value is -1.55. The highest BCUT2D eigenvalue weighted by atomic mass is 35.5. The van der Waals surface area contributed by atoms with Gasteiger partial charge in [0, 0.05) is 24.7 Å². The number of ether oxygens (including phenoxy) is 2. The highest BCUT2D eigenvalue weighted by Gasteiger charge is 2.14. The Labute approximate surface area is 142 Å². The molecule has 0 saturated carbocycles. The van der Waals surface area contributed by atoms with Gasteiger partial charge >= 0.3 is 0 Å². The maximum Gasteiger partial charge on any atom is 0.119 e. The first-order chi connectivity index (χ1) is 11.3. The standard InChI is InChI=1S/C19H22ClNO2/c20-17-4-1-3-16(11-17)14-23-18-8-6-15(7-9-18)12-21-13-19-5-2-10-22-19/h1,3-4,6-9,11,19,21H,2,5,10,12-14H2/t19-/m1/s1. The van der Waals surface area contributed by atoms with Crippen LogP contribution in [0.3, 0.4) is 0 Å². The summed E-state index contributed by atoms with van der Waals surface area (Å²) in [6, 6.07) is 15.9. The van der Waals surface area contributed by atoms with Gasteiger partial charge in [-0.05, 0) is 48.2 Å². The van der Waals surface area contributed by atoms with E-state index in [0.29, 0.717) is 12.7 Å². The molecule has 1 heterocycles. The second kappa shape index (κ2) is 8.34. The van der Waals surface area contributed by atoms with E-state index in [-0.39, 0.29) is 0 Å². The van der Waals surface area contributed by atoms with Gasteiger partial charge < -0.3 is 14.8 Å². The van der Waals surface area contributed by atoms with Crippen molar-refractivity contribution in [2.75, 3.05) is 13.2 Å². The average molecular weight is 332 g/mol. The smallest absolute Gasteiger partial charge is 0.119 e. The third kappa shape index (κ3) is 5.24. The second-order valence-electron chi connectivity index (χ2n) is 5.83. The van der Waals surface area contributed by atoms with E-state index >= 15 is 0 Å². The Bertz CT molecular complexity index is 609. The van der Waals surface area contributed by atoms with Gasteiger partial charge in [-0.2, -0.15) is 0 Å². The monoisotopic (exact) mass is 331 g/mol. The van der Waals surface area contributed by atoms with Crippen molar-refractivity contribution in [2.24, 2.45) is 0 Å². The van der Waals surface area contributed by atoms with Gasteiger partial charge in [0.1, 0.15) is 12.4 Å². The first-order valence-corrected chi connectivity index (χ1v) is 8.46. The number of hydrogen-bond donors (Lipinski definition) is 1. The van der Waals surface area contributed by atoms with Crippen LogP contribution in [0.5, 0.6) is 5.75 Å². The minimum atomic E-state index is 0.385. The molecule has 1 aliphatic rings. The van der Waals surface area contributed by atoms with Crippen molar-refractivity contribution in [1.82, 2.24) is 5.32 Å². The Balaban J connectivity index is 1.43. The molecule has 0 spiro atoms. The van der Waals surface area contributed by atoms with Gasteiger partial charge in [0.25, 0.3) is 0 Å². The lowest BCUT2D eigenvalue weighted by Gasteiger charge is -2.11. The van der Waals surface area contributed by atoms with E-state index in [2.05, 4.69) is 17.4 Å². The van der Waals surface area contributed by atoms with Gasteiger partial charge in [-0.25, -0.2) is 0 Å². The fraction of sp³-hybridized carbons (Fsp3) is 0.368. The first-order valence-electron chi connectivity index (χ1n) is 8.08. The zero-order valence-corrected chi connectivity index (χ0v) is 13.9. The molecule has 3 nitrogen and oxygen atoms in total. The Kier molecular flexibility index (Phi) is 5.92. The molecule has 0 amide bonds. The zero-order chi connectivity index (χ0) is 15.9. The van der Waals surface area contributed by atoms with Crippen LogP contribution in [0.1, 0.15) is 24.0 Å². The molecule has 0 unspecified atom stereocenters. The number of rotatable bonds is 7. The average Bonchev–Trinajstić information content (AvgIpc) is 3.08. The number of halogens is 1. The Morgan fingerprint density at radius 1 is 1.13 bits per heavy atom. The number of hydrogen-bond acceptors (Lipinski definition) is 3. The van der Waals surface area contributed by atoms with Gasteiger partial charge in [0.2, 0.25) is 0 Å². The second-order valence-corrected chi connectivity index (χ2v) is 6.26. The molecule has 122 valence electrons. The summed E-state index contributed by atoms with van der Waals surface area (Å²) in [6.45, 7) is 3.21. The van der Waals surface area contributed by atoms with Crippen molar-refractivity contribution >= 4 is 11.6 Å². The molecule has 0 bridgehead atoms. The van der Waals surface area contributed by atoms with Crippen LogP contribution in [0.15, 0.2) is 48.5 Å². The van der Waals surface area contributed by atoms with Gasteiger partial charge in [-0.1, -0.05) is 35.9 Å². The van der Waals surface area contributed by atoms with Gasteiger partial charge in [-0.3, -0.25) is 0 Å². The van der Waals surface area contributed by atoms with E-state index < -0.39 is 0 Å². The topological polar surface area (TPSA) is 30.5 Å². The molecule has 3 rings (SSSR count). The predicted molar refractivity (Wildman–Crippen MR) is 92.9 cm³/mol. The van der Waals surface area contributed by atoms with E-state index in [1.165, 1.54) is 18.4 Å². The molecule has 23 heavy (non-hydrogen) atoms. The molecule has 2 aromatic rings. The summed E-state index contributed by atoms with van der Waals surface area (Å²) in [5.74, 6) is 0.868. The van der Waals surface area contributed by atoms with Crippen LogP contribution in [0.4, 0.5) is 0 Å². The maximum atomic E-state index is 5.97. The van der Waals surface area contributed by atoms with E-state index in [1.807, 2.05) is 36.4 Å². The van der Waals surface area contributed by atoms with Crippen molar-refractivity contribution in [3.63, 3.8) is 0 Å². The summed E-state index contributed by atoms with van der Waals surface area (Å²) >= 11 is 5.97. The first kappa shape index (κ1) is 16.3. The van der Waals surface area contributed by atoms with Gasteiger partial charge in [0.15, 0.2) is 0 Å². The SMILES string of the molecule is Clc1cccc(COc2ccc(CNC[C@H]3CCCO3)cc2)c1. The molecule has 0 radical (unpaired) electrons. The van der Waals surface area contributed by atoms with E-state index in [4.69, 9.17) is 21.1 Å². The molecule has 0 aliphatic carbocycles. The lowest BCUT2D eigenvalue weighted by molar-refractivity contribution is 0.110. The molecule has 1 saturated heterocycles. The summed E-state index contributed by atoms with van der Waals surface area (Å²) in [4.78, 5) is 0. The fourth-order valence-corrected chi connectivity index (χ4v) is 2.89. The third-order valence-electron chi connectivity index (χ3n) is 3.94. The van der Waals surface area contributed by atoms with Crippen molar-refractivity contribution < 1.29 is 9.47 Å². The Morgan fingerprint density at radius 2 is 2.00 bits per heavy atom. The minimum Gasteiger partial charge on any atom is -0.489 e. The highest BCUT2D eigenvalue weighted by Crippen LogP contribution is 2.16. The van der Waals surface area contributed by atoms with E-state index in [0.717, 1.165) is 36.0 Å². The Morgan fingerprint density at radius 3 is 2.74 bits per heavy atom. The van der Waals surface area contributed by atoms with Crippen molar-refractivity contribution in [2.45, 2.75) is 32.1 Å². The molecular formula is C19H22ClNO2. The summed E-state index contributed by atoms with van der Waals surface area (Å²) in [6.07, 6.45) is 2.74. The summed E-state index contributed by atoms with van der Waals surface area (Å²) in [5, 5.41) is 4.18. The van der Waals surface area contributed by atoms with Crippen LogP contribution in [0.25, 0.3) is 0 Å². The quantitative estimate of drug-likeness (QED) is 0.825. The molecule has 1 N–H and O–H groups in total. The van der Waals surface area contributed by atoms with Crippen LogP contribution in [0, 0.1) is 0 Å². The fourth-order valence-electron chi connectivity index (χ4n) is 2.68. The summed E-state index contributed by atoms with van der Waals surface area (Å²) in [7, 11) is 0. The van der Waals surface area contributed by atoms with Crippen molar-refractivity contribution in [3.05, 3.63) is 64.7 Å². The van der Waals surface area contributed by atoms with Gasteiger partial charge in [0.05, 0.1) is 6.10 Å². The molecule has 2 aromatic carbocycles. The summed E-state index contributed by atoms with van der Waals surface area (Å²) < 4.78 is 11.4. The maximum absolute atomic E-state index is 5.97. The van der Waals surface area contributed by atoms with E-state index in [9.17, 15) is 0 Å². The lowest BCUT2D eigenvalue weighted by atomic mass is 10.2. The van der Waals surface area contributed by atoms with Crippen LogP contribution < -0.4 is 10.1 Å². The van der Waals surface area contributed by atoms with Crippen LogP contribution in [-0.2, 0) is 17.9 Å². The van der Waals surface area contributed by atoms with Crippen LogP contribution >= 0.6 is 11.6 Å². The highest BCUT2D eigenvalue weighted by molar-refractivity contribution is 6.30.